The van der Waals surface area contributed by atoms with E-state index in [1.54, 1.807) is 30.0 Å². The minimum Gasteiger partial charge on any atom is -0.502 e. The molecule has 0 aliphatic carbocycles. The van der Waals surface area contributed by atoms with E-state index in [0.717, 1.165) is 10.6 Å². The molecule has 0 aromatic heterocycles. The molecule has 2 aromatic rings. The molecule has 2 rings (SSSR count). The number of hydrogen-bond donors (Lipinski definition) is 1. The van der Waals surface area contributed by atoms with Gasteiger partial charge in [-0.1, -0.05) is 25.1 Å². The first-order valence-electron chi connectivity index (χ1n) is 7.50. The highest BCUT2D eigenvalue weighted by molar-refractivity contribution is 7.99. The lowest BCUT2D eigenvalue weighted by atomic mass is 10.1. The van der Waals surface area contributed by atoms with E-state index in [0.29, 0.717) is 22.6 Å². The fourth-order valence-corrected chi connectivity index (χ4v) is 3.03. The summed E-state index contributed by atoms with van der Waals surface area (Å²) in [5, 5.41) is 9.92. The van der Waals surface area contributed by atoms with E-state index < -0.39 is 0 Å². The molecule has 1 N–H and O–H groups in total. The van der Waals surface area contributed by atoms with Crippen molar-refractivity contribution < 1.29 is 19.4 Å². The zero-order valence-electron chi connectivity index (χ0n) is 13.9. The van der Waals surface area contributed by atoms with E-state index in [-0.39, 0.29) is 11.5 Å². The van der Waals surface area contributed by atoms with Gasteiger partial charge >= 0.3 is 0 Å². The van der Waals surface area contributed by atoms with Crippen LogP contribution in [0, 0.1) is 0 Å². The minimum atomic E-state index is -0.0717. The summed E-state index contributed by atoms with van der Waals surface area (Å²) in [7, 11) is 2.93. The van der Waals surface area contributed by atoms with Gasteiger partial charge in [-0.15, -0.1) is 11.8 Å². The number of ketones is 1. The van der Waals surface area contributed by atoms with Gasteiger partial charge in [0.15, 0.2) is 17.3 Å². The van der Waals surface area contributed by atoms with Crippen LogP contribution in [0.15, 0.2) is 47.4 Å². The van der Waals surface area contributed by atoms with E-state index in [9.17, 15) is 9.90 Å². The molecule has 0 fully saturated rings. The topological polar surface area (TPSA) is 55.8 Å². The van der Waals surface area contributed by atoms with Crippen LogP contribution in [0.2, 0.25) is 0 Å². The predicted octanol–water partition coefficient (Wildman–Crippen LogP) is 4.42. The number of aromatic hydroxyl groups is 1. The van der Waals surface area contributed by atoms with Gasteiger partial charge in [0.1, 0.15) is 0 Å². The number of phenolic OH excluding ortho intramolecular Hbond substituents is 1. The fourth-order valence-electron chi connectivity index (χ4n) is 2.22. The minimum absolute atomic E-state index is 0.0619. The van der Waals surface area contributed by atoms with Crippen molar-refractivity contribution in [3.05, 3.63) is 53.6 Å². The number of hydrogen-bond acceptors (Lipinski definition) is 5. The lowest BCUT2D eigenvalue weighted by molar-refractivity contribution is 0.104. The van der Waals surface area contributed by atoms with Crippen molar-refractivity contribution in [3.8, 4) is 17.2 Å². The van der Waals surface area contributed by atoms with Crippen LogP contribution in [0.4, 0.5) is 0 Å². The molecule has 0 bridgehead atoms. The Bertz CT molecular complexity index is 728. The van der Waals surface area contributed by atoms with Gasteiger partial charge in [-0.2, -0.15) is 0 Å². The molecular weight excluding hydrogens is 324 g/mol. The van der Waals surface area contributed by atoms with Crippen molar-refractivity contribution in [1.82, 2.24) is 0 Å². The number of ether oxygens (including phenoxy) is 2. The molecule has 0 radical (unpaired) electrons. The van der Waals surface area contributed by atoms with Crippen molar-refractivity contribution in [3.63, 3.8) is 0 Å². The third-order valence-corrected chi connectivity index (χ3v) is 4.34. The summed E-state index contributed by atoms with van der Waals surface area (Å²) in [5.41, 5.74) is 1.38. The van der Waals surface area contributed by atoms with Crippen molar-refractivity contribution >= 4 is 23.6 Å². The molecule has 0 aliphatic rings. The van der Waals surface area contributed by atoms with Gasteiger partial charge in [0.25, 0.3) is 0 Å². The summed E-state index contributed by atoms with van der Waals surface area (Å²) >= 11 is 1.64. The molecular formula is C19H20O4S. The van der Waals surface area contributed by atoms with Gasteiger partial charge in [-0.25, -0.2) is 0 Å². The lowest BCUT2D eigenvalue weighted by Gasteiger charge is -2.09. The van der Waals surface area contributed by atoms with Crippen LogP contribution in [0.5, 0.6) is 17.2 Å². The van der Waals surface area contributed by atoms with Crippen molar-refractivity contribution in [2.45, 2.75) is 11.8 Å². The highest BCUT2D eigenvalue weighted by Crippen LogP contribution is 2.37. The molecule has 0 atom stereocenters. The maximum absolute atomic E-state index is 12.5. The number of carbonyl (C=O) groups is 1. The number of thioether (sulfide) groups is 1. The Morgan fingerprint density at radius 1 is 1.17 bits per heavy atom. The largest absolute Gasteiger partial charge is 0.502 e. The van der Waals surface area contributed by atoms with Crippen LogP contribution in [0.25, 0.3) is 6.08 Å². The second-order valence-corrected chi connectivity index (χ2v) is 6.21. The molecule has 0 amide bonds. The van der Waals surface area contributed by atoms with Crippen molar-refractivity contribution in [2.24, 2.45) is 0 Å². The smallest absolute Gasteiger partial charge is 0.200 e. The second-order valence-electron chi connectivity index (χ2n) is 4.90. The molecule has 0 saturated heterocycles. The van der Waals surface area contributed by atoms with E-state index in [1.807, 2.05) is 24.3 Å². The Morgan fingerprint density at radius 3 is 2.38 bits per heavy atom. The molecule has 0 saturated carbocycles. The van der Waals surface area contributed by atoms with Gasteiger partial charge in [0.2, 0.25) is 5.75 Å². The zero-order valence-corrected chi connectivity index (χ0v) is 14.7. The molecule has 0 spiro atoms. The summed E-state index contributed by atoms with van der Waals surface area (Å²) < 4.78 is 10.2. The maximum Gasteiger partial charge on any atom is 0.200 e. The number of rotatable bonds is 7. The Labute approximate surface area is 146 Å². The standard InChI is InChI=1S/C19H20O4S/c1-4-24-18-8-6-5-7-14(18)15(20)10-9-13-11-16(22-2)19(21)17(12-13)23-3/h5-12,21H,4H2,1-3H3. The van der Waals surface area contributed by atoms with E-state index in [4.69, 9.17) is 9.47 Å². The zero-order chi connectivity index (χ0) is 17.5. The second kappa shape index (κ2) is 8.45. The monoisotopic (exact) mass is 344 g/mol. The quantitative estimate of drug-likeness (QED) is 0.458. The molecule has 0 unspecified atom stereocenters. The first-order valence-corrected chi connectivity index (χ1v) is 8.48. The average molecular weight is 344 g/mol. The lowest BCUT2D eigenvalue weighted by Crippen LogP contribution is -1.97. The normalized spacial score (nSPS) is 10.8. The van der Waals surface area contributed by atoms with Crippen LogP contribution in [-0.2, 0) is 0 Å². The van der Waals surface area contributed by atoms with Crippen LogP contribution in [0.3, 0.4) is 0 Å². The third kappa shape index (κ3) is 4.11. The van der Waals surface area contributed by atoms with Gasteiger partial charge < -0.3 is 14.6 Å². The molecule has 24 heavy (non-hydrogen) atoms. The first kappa shape index (κ1) is 17.9. The molecule has 4 nitrogen and oxygen atoms in total. The Balaban J connectivity index is 2.29. The van der Waals surface area contributed by atoms with Crippen LogP contribution >= 0.6 is 11.8 Å². The maximum atomic E-state index is 12.5. The SMILES string of the molecule is CCSc1ccccc1C(=O)C=Cc1cc(OC)c(O)c(OC)c1. The van der Waals surface area contributed by atoms with Gasteiger partial charge in [0, 0.05) is 10.5 Å². The van der Waals surface area contributed by atoms with Crippen LogP contribution < -0.4 is 9.47 Å². The highest BCUT2D eigenvalue weighted by atomic mass is 32.2. The summed E-state index contributed by atoms with van der Waals surface area (Å²) in [6.45, 7) is 2.05. The Morgan fingerprint density at radius 2 is 1.79 bits per heavy atom. The summed E-state index contributed by atoms with van der Waals surface area (Å²) in [6, 6.07) is 10.8. The molecule has 126 valence electrons. The number of carbonyl (C=O) groups excluding carboxylic acids is 1. The first-order chi connectivity index (χ1) is 11.6. The van der Waals surface area contributed by atoms with Crippen molar-refractivity contribution in [1.29, 1.82) is 0 Å². The number of methoxy groups -OCH3 is 2. The molecule has 5 heteroatoms. The highest BCUT2D eigenvalue weighted by Gasteiger charge is 2.11. The van der Waals surface area contributed by atoms with Crippen LogP contribution in [0.1, 0.15) is 22.8 Å². The van der Waals surface area contributed by atoms with E-state index in [2.05, 4.69) is 6.92 Å². The number of benzene rings is 2. The van der Waals surface area contributed by atoms with Crippen molar-refractivity contribution in [2.75, 3.05) is 20.0 Å². The summed E-state index contributed by atoms with van der Waals surface area (Å²) in [6.07, 6.45) is 3.19. The molecule has 0 heterocycles. The van der Waals surface area contributed by atoms with E-state index >= 15 is 0 Å². The van der Waals surface area contributed by atoms with Gasteiger partial charge in [-0.05, 0) is 41.7 Å². The predicted molar refractivity (Wildman–Crippen MR) is 97.4 cm³/mol. The molecule has 2 aromatic carbocycles. The summed E-state index contributed by atoms with van der Waals surface area (Å²) in [4.78, 5) is 13.4. The van der Waals surface area contributed by atoms with Gasteiger partial charge in [0.05, 0.1) is 14.2 Å². The number of allylic oxidation sites excluding steroid dienone is 1. The van der Waals surface area contributed by atoms with Crippen LogP contribution in [-0.4, -0.2) is 30.9 Å². The van der Waals surface area contributed by atoms with Gasteiger partial charge in [-0.3, -0.25) is 4.79 Å². The Hall–Kier alpha value is -2.40. The fraction of sp³-hybridized carbons (Fsp3) is 0.211. The average Bonchev–Trinajstić information content (AvgIpc) is 2.61. The number of phenols is 1. The third-order valence-electron chi connectivity index (χ3n) is 3.38. The summed E-state index contributed by atoms with van der Waals surface area (Å²) in [5.74, 6) is 1.36. The molecule has 0 aliphatic heterocycles. The Kier molecular flexibility index (Phi) is 6.32. The van der Waals surface area contributed by atoms with E-state index in [1.165, 1.54) is 20.3 Å².